The Kier molecular flexibility index (Phi) is 6.08. The van der Waals surface area contributed by atoms with E-state index >= 15 is 0 Å². The summed E-state index contributed by atoms with van der Waals surface area (Å²) in [4.78, 5) is 5.32. The number of hydrogen-bond donors (Lipinski definition) is 0. The second-order valence-electron chi connectivity index (χ2n) is 11.5. The van der Waals surface area contributed by atoms with Crippen LogP contribution in [0.25, 0.3) is 33.3 Å². The number of hydrogen-bond acceptors (Lipinski definition) is 1. The van der Waals surface area contributed by atoms with Crippen molar-refractivity contribution in [2.24, 2.45) is 0 Å². The first kappa shape index (κ1) is 23.8. The van der Waals surface area contributed by atoms with E-state index in [1.54, 1.807) is 0 Å². The SMILES string of the molecule is Cc1cc(C)c2c(c1)-c1nc3cccc(-c4c(C(C)C)cc(C(C)C)cc4C(C)C)c3cc1CC2. The Morgan fingerprint density at radius 1 is 0.714 bits per heavy atom. The van der Waals surface area contributed by atoms with Crippen molar-refractivity contribution in [2.45, 2.75) is 86.0 Å². The molecule has 1 aromatic heterocycles. The topological polar surface area (TPSA) is 12.9 Å². The molecule has 0 amide bonds. The molecule has 0 fully saturated rings. The van der Waals surface area contributed by atoms with E-state index in [1.807, 2.05) is 0 Å². The monoisotopic (exact) mass is 461 g/mol. The Balaban J connectivity index is 1.80. The first-order valence-electron chi connectivity index (χ1n) is 13.4. The first-order chi connectivity index (χ1) is 16.7. The third-order valence-corrected chi connectivity index (χ3v) is 7.86. The summed E-state index contributed by atoms with van der Waals surface area (Å²) in [6.07, 6.45) is 2.16. The minimum atomic E-state index is 0.458. The van der Waals surface area contributed by atoms with Gasteiger partial charge in [0.05, 0.1) is 11.2 Å². The maximum atomic E-state index is 5.32. The molecule has 0 spiro atoms. The lowest BCUT2D eigenvalue weighted by Crippen LogP contribution is -2.09. The maximum absolute atomic E-state index is 5.32. The molecular formula is C34H39N. The third kappa shape index (κ3) is 4.10. The Morgan fingerprint density at radius 2 is 1.40 bits per heavy atom. The summed E-state index contributed by atoms with van der Waals surface area (Å²) in [6.45, 7) is 18.4. The Hall–Kier alpha value is -2.93. The summed E-state index contributed by atoms with van der Waals surface area (Å²) < 4.78 is 0. The van der Waals surface area contributed by atoms with Gasteiger partial charge in [0.1, 0.15) is 0 Å². The molecule has 4 aromatic rings. The van der Waals surface area contributed by atoms with E-state index in [9.17, 15) is 0 Å². The summed E-state index contributed by atoms with van der Waals surface area (Å²) in [5, 5.41) is 1.29. The second-order valence-corrected chi connectivity index (χ2v) is 11.5. The van der Waals surface area contributed by atoms with Crippen LogP contribution in [-0.4, -0.2) is 4.98 Å². The van der Waals surface area contributed by atoms with E-state index in [0.717, 1.165) is 18.4 Å². The maximum Gasteiger partial charge on any atom is 0.0744 e. The standard InChI is InChI=1S/C34H39N/c1-19(2)25-17-28(20(3)4)33(29(18-25)21(5)6)27-10-9-11-32-30(27)16-24-12-13-26-23(8)14-22(7)15-31(26)34(24)35-32/h9-11,14-21H,12-13H2,1-8H3. The van der Waals surface area contributed by atoms with E-state index in [-0.39, 0.29) is 0 Å². The van der Waals surface area contributed by atoms with Gasteiger partial charge in [-0.3, -0.25) is 0 Å². The number of pyridine rings is 1. The largest absolute Gasteiger partial charge is 0.247 e. The number of fused-ring (bicyclic) bond motifs is 4. The van der Waals surface area contributed by atoms with Gasteiger partial charge in [0.15, 0.2) is 0 Å². The Morgan fingerprint density at radius 3 is 2.03 bits per heavy atom. The van der Waals surface area contributed by atoms with Gasteiger partial charge in [0.2, 0.25) is 0 Å². The summed E-state index contributed by atoms with van der Waals surface area (Å²) in [7, 11) is 0. The molecule has 35 heavy (non-hydrogen) atoms. The fraction of sp³-hybridized carbons (Fsp3) is 0.382. The van der Waals surface area contributed by atoms with Gasteiger partial charge in [-0.15, -0.1) is 0 Å². The van der Waals surface area contributed by atoms with Gasteiger partial charge in [-0.1, -0.05) is 77.4 Å². The zero-order valence-electron chi connectivity index (χ0n) is 22.7. The number of aromatic nitrogens is 1. The smallest absolute Gasteiger partial charge is 0.0744 e. The van der Waals surface area contributed by atoms with Gasteiger partial charge in [0, 0.05) is 10.9 Å². The van der Waals surface area contributed by atoms with Gasteiger partial charge in [0.25, 0.3) is 0 Å². The van der Waals surface area contributed by atoms with E-state index in [2.05, 4.69) is 104 Å². The lowest BCUT2D eigenvalue weighted by molar-refractivity contribution is 0.808. The average molecular weight is 462 g/mol. The number of nitrogens with zero attached hydrogens (tertiary/aromatic N) is 1. The summed E-state index contributed by atoms with van der Waals surface area (Å²) >= 11 is 0. The molecule has 0 atom stereocenters. The molecule has 0 unspecified atom stereocenters. The van der Waals surface area contributed by atoms with Crippen LogP contribution in [0.2, 0.25) is 0 Å². The van der Waals surface area contributed by atoms with Crippen LogP contribution in [0.1, 0.15) is 98.2 Å². The predicted octanol–water partition coefficient (Wildman–Crippen LogP) is 9.65. The van der Waals surface area contributed by atoms with E-state index in [4.69, 9.17) is 4.98 Å². The van der Waals surface area contributed by atoms with E-state index in [0.29, 0.717) is 17.8 Å². The van der Waals surface area contributed by atoms with Crippen molar-refractivity contribution in [1.29, 1.82) is 0 Å². The molecular weight excluding hydrogens is 422 g/mol. The molecule has 0 N–H and O–H groups in total. The summed E-state index contributed by atoms with van der Waals surface area (Å²) in [6, 6.07) is 18.7. The van der Waals surface area contributed by atoms with Gasteiger partial charge < -0.3 is 0 Å². The average Bonchev–Trinajstić information content (AvgIpc) is 2.81. The second kappa shape index (κ2) is 8.94. The van der Waals surface area contributed by atoms with Crippen molar-refractivity contribution in [2.75, 3.05) is 0 Å². The highest BCUT2D eigenvalue weighted by Gasteiger charge is 2.23. The van der Waals surface area contributed by atoms with Crippen molar-refractivity contribution in [3.63, 3.8) is 0 Å². The van der Waals surface area contributed by atoms with Crippen LogP contribution in [0.5, 0.6) is 0 Å². The fourth-order valence-electron chi connectivity index (χ4n) is 5.95. The van der Waals surface area contributed by atoms with E-state index in [1.165, 1.54) is 66.7 Å². The predicted molar refractivity (Wildman–Crippen MR) is 152 cm³/mol. The highest BCUT2D eigenvalue weighted by Crippen LogP contribution is 2.43. The highest BCUT2D eigenvalue weighted by molar-refractivity contribution is 5.98. The lowest BCUT2D eigenvalue weighted by Gasteiger charge is -2.25. The molecule has 180 valence electrons. The molecule has 0 aliphatic heterocycles. The van der Waals surface area contributed by atoms with Crippen LogP contribution in [-0.2, 0) is 12.8 Å². The lowest BCUT2D eigenvalue weighted by atomic mass is 9.80. The number of rotatable bonds is 4. The molecule has 0 saturated carbocycles. The summed E-state index contributed by atoms with van der Waals surface area (Å²) in [5.41, 5.74) is 16.3. The van der Waals surface area contributed by atoms with Gasteiger partial charge in [-0.05, 0) is 107 Å². The van der Waals surface area contributed by atoms with Gasteiger partial charge >= 0.3 is 0 Å². The molecule has 0 saturated heterocycles. The van der Waals surface area contributed by atoms with Gasteiger partial charge in [-0.2, -0.15) is 0 Å². The molecule has 1 heterocycles. The fourth-order valence-corrected chi connectivity index (χ4v) is 5.95. The number of aryl methyl sites for hydroxylation is 3. The van der Waals surface area contributed by atoms with Crippen LogP contribution >= 0.6 is 0 Å². The Bertz CT molecular complexity index is 1410. The van der Waals surface area contributed by atoms with Crippen LogP contribution < -0.4 is 0 Å². The van der Waals surface area contributed by atoms with Crippen LogP contribution in [0.3, 0.4) is 0 Å². The molecule has 1 aliphatic carbocycles. The van der Waals surface area contributed by atoms with Gasteiger partial charge in [-0.25, -0.2) is 4.98 Å². The quantitative estimate of drug-likeness (QED) is 0.295. The molecule has 5 rings (SSSR count). The zero-order valence-corrected chi connectivity index (χ0v) is 22.7. The summed E-state index contributed by atoms with van der Waals surface area (Å²) in [5.74, 6) is 1.44. The Labute approximate surface area is 211 Å². The third-order valence-electron chi connectivity index (χ3n) is 7.86. The van der Waals surface area contributed by atoms with Crippen molar-refractivity contribution in [3.05, 3.63) is 87.5 Å². The van der Waals surface area contributed by atoms with Crippen LogP contribution in [0.15, 0.2) is 48.5 Å². The van der Waals surface area contributed by atoms with Crippen LogP contribution in [0, 0.1) is 13.8 Å². The van der Waals surface area contributed by atoms with Crippen LogP contribution in [0.4, 0.5) is 0 Å². The highest BCUT2D eigenvalue weighted by atomic mass is 14.7. The molecule has 0 bridgehead atoms. The van der Waals surface area contributed by atoms with Crippen molar-refractivity contribution in [3.8, 4) is 22.4 Å². The normalized spacial score (nSPS) is 13.1. The van der Waals surface area contributed by atoms with Crippen molar-refractivity contribution in [1.82, 2.24) is 4.98 Å². The molecule has 1 nitrogen and oxygen atoms in total. The van der Waals surface area contributed by atoms with Crippen molar-refractivity contribution < 1.29 is 0 Å². The van der Waals surface area contributed by atoms with E-state index < -0.39 is 0 Å². The van der Waals surface area contributed by atoms with Crippen molar-refractivity contribution >= 4 is 10.9 Å². The first-order valence-corrected chi connectivity index (χ1v) is 13.4. The minimum absolute atomic E-state index is 0.458. The minimum Gasteiger partial charge on any atom is -0.247 e. The molecule has 3 aromatic carbocycles. The molecule has 1 heteroatoms. The zero-order chi connectivity index (χ0) is 25.0. The molecule has 0 radical (unpaired) electrons. The number of benzene rings is 3. The molecule has 1 aliphatic rings.